The molecule has 0 spiro atoms. The lowest BCUT2D eigenvalue weighted by Crippen LogP contribution is -2.36. The highest BCUT2D eigenvalue weighted by Gasteiger charge is 2.14. The van der Waals surface area contributed by atoms with Crippen LogP contribution in [0.1, 0.15) is 6.92 Å². The molecule has 0 aromatic carbocycles. The predicted octanol–water partition coefficient (Wildman–Crippen LogP) is 3.87. The number of nitrogens with one attached hydrogen (secondary N) is 2. The zero-order chi connectivity index (χ0) is 24.9. The molecule has 0 aliphatic carbocycles. The lowest BCUT2D eigenvalue weighted by atomic mass is 10.1. The summed E-state index contributed by atoms with van der Waals surface area (Å²) in [5, 5.41) is 6.58. The summed E-state index contributed by atoms with van der Waals surface area (Å²) in [6.45, 7) is 4.23. The van der Waals surface area contributed by atoms with Gasteiger partial charge in [-0.25, -0.2) is 19.3 Å². The minimum atomic E-state index is -0.583. The molecule has 1 saturated heterocycles. The Kier molecular flexibility index (Phi) is 6.72. The number of allylic oxidation sites excluding steroid dienone is 1. The second kappa shape index (κ2) is 10.4. The summed E-state index contributed by atoms with van der Waals surface area (Å²) in [7, 11) is 0. The molecular weight excluding hydrogens is 463 g/mol. The SMILES string of the molecule is C/C(F)=C/C(=O)Nc1ccnc(-c2nccc3cnc(Nc4ccc(N5CCOCC5)nc4)nc23)c1. The number of hydrogen-bond donors (Lipinski definition) is 2. The highest BCUT2D eigenvalue weighted by molar-refractivity contribution is 6.00. The number of hydrogen-bond acceptors (Lipinski definition) is 9. The number of rotatable bonds is 6. The summed E-state index contributed by atoms with van der Waals surface area (Å²) in [6, 6.07) is 8.96. The number of aromatic nitrogens is 5. The Balaban J connectivity index is 1.39. The molecule has 4 aromatic heterocycles. The third kappa shape index (κ3) is 5.41. The molecule has 1 fully saturated rings. The largest absolute Gasteiger partial charge is 0.378 e. The highest BCUT2D eigenvalue weighted by atomic mass is 19.1. The van der Waals surface area contributed by atoms with Gasteiger partial charge in [0.1, 0.15) is 22.9 Å². The fourth-order valence-corrected chi connectivity index (χ4v) is 3.77. The maximum Gasteiger partial charge on any atom is 0.250 e. The topological polar surface area (TPSA) is 118 Å². The molecule has 1 aliphatic heterocycles. The highest BCUT2D eigenvalue weighted by Crippen LogP contribution is 2.26. The first-order valence-corrected chi connectivity index (χ1v) is 11.3. The third-order valence-corrected chi connectivity index (χ3v) is 5.44. The van der Waals surface area contributed by atoms with Crippen LogP contribution in [0.3, 0.4) is 0 Å². The number of carbonyl (C=O) groups excluding carboxylic acids is 1. The lowest BCUT2D eigenvalue weighted by Gasteiger charge is -2.27. The molecular formula is C25H23FN8O2. The Morgan fingerprint density at radius 1 is 1.03 bits per heavy atom. The summed E-state index contributed by atoms with van der Waals surface area (Å²) in [5.74, 6) is 0.121. The summed E-state index contributed by atoms with van der Waals surface area (Å²) < 4.78 is 18.4. The van der Waals surface area contributed by atoms with Crippen LogP contribution in [-0.2, 0) is 9.53 Å². The number of fused-ring (bicyclic) bond motifs is 1. The van der Waals surface area contributed by atoms with E-state index >= 15 is 0 Å². The van der Waals surface area contributed by atoms with E-state index in [1.54, 1.807) is 36.9 Å². The normalized spacial score (nSPS) is 14.1. The van der Waals surface area contributed by atoms with Crippen molar-refractivity contribution in [3.63, 3.8) is 0 Å². The number of ether oxygens (including phenoxy) is 1. The van der Waals surface area contributed by atoms with Crippen molar-refractivity contribution in [2.45, 2.75) is 6.92 Å². The summed E-state index contributed by atoms with van der Waals surface area (Å²) in [4.78, 5) is 36.6. The maximum atomic E-state index is 13.0. The van der Waals surface area contributed by atoms with E-state index in [2.05, 4.69) is 40.5 Å². The molecule has 0 bridgehead atoms. The number of morpholine rings is 1. The van der Waals surface area contributed by atoms with E-state index < -0.39 is 11.7 Å². The van der Waals surface area contributed by atoms with Crippen LogP contribution in [0.2, 0.25) is 0 Å². The number of carbonyl (C=O) groups is 1. The van der Waals surface area contributed by atoms with Gasteiger partial charge >= 0.3 is 0 Å². The van der Waals surface area contributed by atoms with Crippen molar-refractivity contribution >= 4 is 40.0 Å². The molecule has 5 rings (SSSR count). The van der Waals surface area contributed by atoms with Gasteiger partial charge in [-0.3, -0.25) is 14.8 Å². The Bertz CT molecular complexity index is 1420. The quantitative estimate of drug-likeness (QED) is 0.392. The Labute approximate surface area is 206 Å². The summed E-state index contributed by atoms with van der Waals surface area (Å²) in [5.41, 5.74) is 2.81. The van der Waals surface area contributed by atoms with Gasteiger partial charge in [0.2, 0.25) is 5.95 Å². The lowest BCUT2D eigenvalue weighted by molar-refractivity contribution is -0.112. The Morgan fingerprint density at radius 3 is 2.64 bits per heavy atom. The van der Waals surface area contributed by atoms with Crippen LogP contribution < -0.4 is 15.5 Å². The minimum Gasteiger partial charge on any atom is -0.378 e. The van der Waals surface area contributed by atoms with E-state index in [1.165, 1.54) is 6.92 Å². The van der Waals surface area contributed by atoms with Crippen LogP contribution in [0.5, 0.6) is 0 Å². The molecule has 0 unspecified atom stereocenters. The molecule has 11 heteroatoms. The van der Waals surface area contributed by atoms with E-state index in [1.807, 2.05) is 18.2 Å². The molecule has 0 atom stereocenters. The smallest absolute Gasteiger partial charge is 0.250 e. The average Bonchev–Trinajstić information content (AvgIpc) is 2.89. The standard InChI is InChI=1S/C25H23FN8O2/c1-16(26)12-22(35)31-18-5-7-27-20(13-18)24-23-17(4-6-28-24)14-30-25(33-23)32-19-2-3-21(29-15-19)34-8-10-36-11-9-34/h2-7,12-15H,8-11H2,1H3,(H,27,31,35)(H,30,32,33)/b16-12-. The first kappa shape index (κ1) is 23.2. The van der Waals surface area contributed by atoms with Gasteiger partial charge in [0.05, 0.1) is 30.8 Å². The van der Waals surface area contributed by atoms with Crippen LogP contribution in [0, 0.1) is 0 Å². The molecule has 1 aliphatic rings. The van der Waals surface area contributed by atoms with Crippen LogP contribution in [0.15, 0.2) is 67.0 Å². The molecule has 0 radical (unpaired) electrons. The molecule has 1 amide bonds. The molecule has 5 heterocycles. The van der Waals surface area contributed by atoms with Gasteiger partial charge in [-0.2, -0.15) is 0 Å². The van der Waals surface area contributed by atoms with Gasteiger partial charge in [0.25, 0.3) is 5.91 Å². The zero-order valence-electron chi connectivity index (χ0n) is 19.5. The van der Waals surface area contributed by atoms with Crippen molar-refractivity contribution in [2.75, 3.05) is 41.8 Å². The van der Waals surface area contributed by atoms with E-state index in [0.29, 0.717) is 41.8 Å². The van der Waals surface area contributed by atoms with Gasteiger partial charge in [-0.15, -0.1) is 0 Å². The van der Waals surface area contributed by atoms with E-state index in [0.717, 1.165) is 36.1 Å². The molecule has 182 valence electrons. The van der Waals surface area contributed by atoms with Crippen LogP contribution in [0.4, 0.5) is 27.5 Å². The van der Waals surface area contributed by atoms with E-state index in [-0.39, 0.29) is 0 Å². The summed E-state index contributed by atoms with van der Waals surface area (Å²) in [6.07, 6.45) is 7.50. The number of anilines is 4. The van der Waals surface area contributed by atoms with Gasteiger partial charge in [-0.1, -0.05) is 0 Å². The number of amides is 1. The molecule has 2 N–H and O–H groups in total. The van der Waals surface area contributed by atoms with E-state index in [9.17, 15) is 9.18 Å². The van der Waals surface area contributed by atoms with E-state index in [4.69, 9.17) is 4.74 Å². The van der Waals surface area contributed by atoms with Gasteiger partial charge in [0, 0.05) is 48.8 Å². The Morgan fingerprint density at radius 2 is 1.86 bits per heavy atom. The number of nitrogens with zero attached hydrogens (tertiary/aromatic N) is 6. The molecule has 0 saturated carbocycles. The number of pyridine rings is 3. The van der Waals surface area contributed by atoms with Crippen molar-refractivity contribution < 1.29 is 13.9 Å². The van der Waals surface area contributed by atoms with Crippen LogP contribution in [0.25, 0.3) is 22.3 Å². The second-order valence-electron chi connectivity index (χ2n) is 8.07. The monoisotopic (exact) mass is 486 g/mol. The molecule has 36 heavy (non-hydrogen) atoms. The second-order valence-corrected chi connectivity index (χ2v) is 8.07. The van der Waals surface area contributed by atoms with Crippen molar-refractivity contribution in [1.82, 2.24) is 24.9 Å². The number of halogens is 1. The van der Waals surface area contributed by atoms with Gasteiger partial charge in [-0.05, 0) is 37.3 Å². The average molecular weight is 487 g/mol. The van der Waals surface area contributed by atoms with Crippen LogP contribution in [-0.4, -0.2) is 57.1 Å². The first-order chi connectivity index (χ1) is 17.5. The molecule has 10 nitrogen and oxygen atoms in total. The first-order valence-electron chi connectivity index (χ1n) is 11.3. The minimum absolute atomic E-state index is 0.380. The van der Waals surface area contributed by atoms with Crippen molar-refractivity contribution in [1.29, 1.82) is 0 Å². The van der Waals surface area contributed by atoms with Crippen molar-refractivity contribution in [3.8, 4) is 11.4 Å². The predicted molar refractivity (Wildman–Crippen MR) is 135 cm³/mol. The fraction of sp³-hybridized carbons (Fsp3) is 0.200. The molecule has 4 aromatic rings. The Hall–Kier alpha value is -4.51. The maximum absolute atomic E-state index is 13.0. The van der Waals surface area contributed by atoms with Crippen LogP contribution >= 0.6 is 0 Å². The zero-order valence-corrected chi connectivity index (χ0v) is 19.5. The van der Waals surface area contributed by atoms with Crippen molar-refractivity contribution in [3.05, 3.63) is 67.0 Å². The third-order valence-electron chi connectivity index (χ3n) is 5.44. The van der Waals surface area contributed by atoms with Crippen molar-refractivity contribution in [2.24, 2.45) is 0 Å². The fourth-order valence-electron chi connectivity index (χ4n) is 3.77. The van der Waals surface area contributed by atoms with Gasteiger partial charge < -0.3 is 20.3 Å². The summed E-state index contributed by atoms with van der Waals surface area (Å²) >= 11 is 0. The van der Waals surface area contributed by atoms with Gasteiger partial charge in [0.15, 0.2) is 0 Å².